The quantitative estimate of drug-likeness (QED) is 0.706. The second kappa shape index (κ2) is 6.09. The van der Waals surface area contributed by atoms with Gasteiger partial charge in [-0.1, -0.05) is 13.8 Å². The molecular formula is C12H23N3. The fraction of sp³-hybridized carbons (Fsp3) is 0.917. The van der Waals surface area contributed by atoms with Crippen molar-refractivity contribution in [2.45, 2.75) is 32.7 Å². The number of likely N-dealkylation sites (N-methyl/N-ethyl adjacent to an activating group) is 1. The molecule has 0 spiro atoms. The highest BCUT2D eigenvalue weighted by atomic mass is 15.2. The molecule has 1 rings (SSSR count). The van der Waals surface area contributed by atoms with E-state index < -0.39 is 0 Å². The number of nitriles is 1. The summed E-state index contributed by atoms with van der Waals surface area (Å²) >= 11 is 0. The Morgan fingerprint density at radius 3 is 2.67 bits per heavy atom. The zero-order valence-electron chi connectivity index (χ0n) is 10.2. The van der Waals surface area contributed by atoms with Gasteiger partial charge in [-0.2, -0.15) is 5.26 Å². The van der Waals surface area contributed by atoms with Gasteiger partial charge in [0.1, 0.15) is 0 Å². The monoisotopic (exact) mass is 209 g/mol. The van der Waals surface area contributed by atoms with Crippen LogP contribution in [0.3, 0.4) is 0 Å². The van der Waals surface area contributed by atoms with Crippen LogP contribution in [0.4, 0.5) is 0 Å². The average Bonchev–Trinajstić information content (AvgIpc) is 2.28. The lowest BCUT2D eigenvalue weighted by molar-refractivity contribution is 0.210. The van der Waals surface area contributed by atoms with E-state index in [1.165, 1.54) is 19.5 Å². The molecule has 86 valence electrons. The molecule has 2 unspecified atom stereocenters. The minimum atomic E-state index is 0.423. The van der Waals surface area contributed by atoms with E-state index in [4.69, 9.17) is 5.26 Å². The van der Waals surface area contributed by atoms with Crippen LogP contribution in [-0.2, 0) is 0 Å². The van der Waals surface area contributed by atoms with Gasteiger partial charge in [-0.3, -0.25) is 0 Å². The van der Waals surface area contributed by atoms with Crippen molar-refractivity contribution in [2.24, 2.45) is 5.92 Å². The van der Waals surface area contributed by atoms with Crippen LogP contribution >= 0.6 is 0 Å². The first-order chi connectivity index (χ1) is 7.17. The van der Waals surface area contributed by atoms with Crippen LogP contribution in [0.5, 0.6) is 0 Å². The van der Waals surface area contributed by atoms with Crippen LogP contribution in [0, 0.1) is 17.2 Å². The summed E-state index contributed by atoms with van der Waals surface area (Å²) < 4.78 is 0. The molecule has 1 fully saturated rings. The maximum atomic E-state index is 8.81. The molecule has 1 aliphatic heterocycles. The van der Waals surface area contributed by atoms with E-state index in [0.29, 0.717) is 18.4 Å². The fourth-order valence-electron chi connectivity index (χ4n) is 2.48. The lowest BCUT2D eigenvalue weighted by atomic mass is 10.1. The van der Waals surface area contributed by atoms with Gasteiger partial charge in [0.15, 0.2) is 0 Å². The average molecular weight is 209 g/mol. The number of rotatable bonds is 3. The zero-order chi connectivity index (χ0) is 11.3. The Morgan fingerprint density at radius 1 is 1.33 bits per heavy atom. The Balaban J connectivity index is 2.60. The summed E-state index contributed by atoms with van der Waals surface area (Å²) in [5.41, 5.74) is 0. The molecule has 0 aromatic carbocycles. The second-order valence-corrected chi connectivity index (χ2v) is 4.82. The molecule has 0 aliphatic carbocycles. The lowest BCUT2D eigenvalue weighted by Crippen LogP contribution is -2.38. The van der Waals surface area contributed by atoms with Crippen molar-refractivity contribution in [3.05, 3.63) is 0 Å². The molecule has 3 heteroatoms. The predicted molar refractivity (Wildman–Crippen MR) is 62.5 cm³/mol. The Hall–Kier alpha value is -0.590. The third-order valence-electron chi connectivity index (χ3n) is 3.13. The lowest BCUT2D eigenvalue weighted by Gasteiger charge is -2.26. The van der Waals surface area contributed by atoms with Gasteiger partial charge >= 0.3 is 0 Å². The highest BCUT2D eigenvalue weighted by Crippen LogP contribution is 2.14. The highest BCUT2D eigenvalue weighted by molar-refractivity contribution is 4.87. The van der Waals surface area contributed by atoms with E-state index in [2.05, 4.69) is 36.8 Å². The number of hydrogen-bond acceptors (Lipinski definition) is 3. The minimum absolute atomic E-state index is 0.423. The highest BCUT2D eigenvalue weighted by Gasteiger charge is 2.24. The van der Waals surface area contributed by atoms with Crippen molar-refractivity contribution in [1.29, 1.82) is 5.26 Å². The Bertz CT molecular complexity index is 221. The van der Waals surface area contributed by atoms with Crippen LogP contribution < -0.4 is 0 Å². The molecule has 0 aromatic heterocycles. The summed E-state index contributed by atoms with van der Waals surface area (Å²) in [4.78, 5) is 4.86. The number of hydrogen-bond donors (Lipinski definition) is 0. The molecule has 0 amide bonds. The van der Waals surface area contributed by atoms with Crippen LogP contribution in [-0.4, -0.2) is 49.1 Å². The van der Waals surface area contributed by atoms with Crippen LogP contribution in [0.1, 0.15) is 26.7 Å². The normalized spacial score (nSPS) is 29.7. The summed E-state index contributed by atoms with van der Waals surface area (Å²) in [6.45, 7) is 9.04. The number of nitrogens with zero attached hydrogens (tertiary/aromatic N) is 3. The van der Waals surface area contributed by atoms with Gasteiger partial charge in [0.2, 0.25) is 0 Å². The van der Waals surface area contributed by atoms with Gasteiger partial charge < -0.3 is 9.80 Å². The summed E-state index contributed by atoms with van der Waals surface area (Å²) in [5, 5.41) is 8.81. The van der Waals surface area contributed by atoms with E-state index >= 15 is 0 Å². The smallest absolute Gasteiger partial charge is 0.0638 e. The van der Waals surface area contributed by atoms with E-state index in [0.717, 1.165) is 13.1 Å². The maximum absolute atomic E-state index is 8.81. The van der Waals surface area contributed by atoms with Gasteiger partial charge in [0, 0.05) is 25.7 Å². The standard InChI is InChI=1S/C12H23N3/c1-4-7-15-9-11(2)8-14(3)12(10-15)5-6-13/h11-12H,4-5,7-10H2,1-3H3. The molecule has 0 bridgehead atoms. The van der Waals surface area contributed by atoms with Crippen LogP contribution in [0.2, 0.25) is 0 Å². The first kappa shape index (κ1) is 12.5. The molecule has 1 aliphatic rings. The molecule has 3 nitrogen and oxygen atoms in total. The van der Waals surface area contributed by atoms with E-state index in [-0.39, 0.29) is 0 Å². The zero-order valence-corrected chi connectivity index (χ0v) is 10.2. The van der Waals surface area contributed by atoms with E-state index in [1.807, 2.05) is 0 Å². The molecule has 15 heavy (non-hydrogen) atoms. The first-order valence-corrected chi connectivity index (χ1v) is 5.96. The van der Waals surface area contributed by atoms with E-state index in [9.17, 15) is 0 Å². The maximum Gasteiger partial charge on any atom is 0.0638 e. The topological polar surface area (TPSA) is 30.3 Å². The van der Waals surface area contributed by atoms with Crippen molar-refractivity contribution in [2.75, 3.05) is 33.2 Å². The van der Waals surface area contributed by atoms with Gasteiger partial charge in [-0.15, -0.1) is 0 Å². The van der Waals surface area contributed by atoms with Crippen molar-refractivity contribution in [1.82, 2.24) is 9.80 Å². The first-order valence-electron chi connectivity index (χ1n) is 5.96. The molecule has 2 atom stereocenters. The van der Waals surface area contributed by atoms with Gasteiger partial charge in [-0.25, -0.2) is 0 Å². The van der Waals surface area contributed by atoms with Crippen LogP contribution in [0.25, 0.3) is 0 Å². The molecule has 1 heterocycles. The Labute approximate surface area is 93.7 Å². The predicted octanol–water partition coefficient (Wildman–Crippen LogP) is 1.56. The van der Waals surface area contributed by atoms with Crippen molar-refractivity contribution < 1.29 is 0 Å². The molecule has 1 saturated heterocycles. The molecule has 0 aromatic rings. The van der Waals surface area contributed by atoms with Crippen LogP contribution in [0.15, 0.2) is 0 Å². The van der Waals surface area contributed by atoms with Crippen molar-refractivity contribution >= 4 is 0 Å². The molecule has 0 radical (unpaired) electrons. The fourth-order valence-corrected chi connectivity index (χ4v) is 2.48. The summed E-state index contributed by atoms with van der Waals surface area (Å²) in [5.74, 6) is 0.713. The summed E-state index contributed by atoms with van der Waals surface area (Å²) in [6, 6.07) is 2.73. The molecular weight excluding hydrogens is 186 g/mol. The third kappa shape index (κ3) is 3.81. The Kier molecular flexibility index (Phi) is 5.07. The second-order valence-electron chi connectivity index (χ2n) is 4.82. The minimum Gasteiger partial charge on any atom is -0.301 e. The van der Waals surface area contributed by atoms with Crippen molar-refractivity contribution in [3.8, 4) is 6.07 Å². The summed E-state index contributed by atoms with van der Waals surface area (Å²) in [7, 11) is 2.15. The third-order valence-corrected chi connectivity index (χ3v) is 3.13. The summed E-state index contributed by atoms with van der Waals surface area (Å²) in [6.07, 6.45) is 1.86. The van der Waals surface area contributed by atoms with Crippen molar-refractivity contribution in [3.63, 3.8) is 0 Å². The van der Waals surface area contributed by atoms with E-state index in [1.54, 1.807) is 0 Å². The molecule has 0 N–H and O–H groups in total. The van der Waals surface area contributed by atoms with Gasteiger partial charge in [0.05, 0.1) is 12.5 Å². The molecule has 0 saturated carbocycles. The largest absolute Gasteiger partial charge is 0.301 e. The SMILES string of the molecule is CCCN1CC(C)CN(C)C(CC#N)C1. The Morgan fingerprint density at radius 2 is 2.07 bits per heavy atom. The van der Waals surface area contributed by atoms with Gasteiger partial charge in [0.25, 0.3) is 0 Å². The van der Waals surface area contributed by atoms with Gasteiger partial charge in [-0.05, 0) is 25.9 Å².